The summed E-state index contributed by atoms with van der Waals surface area (Å²) in [6, 6.07) is 8.51. The zero-order chi connectivity index (χ0) is 13.2. The van der Waals surface area contributed by atoms with Gasteiger partial charge in [-0.1, -0.05) is 36.9 Å². The first-order chi connectivity index (χ1) is 8.55. The monoisotopic (exact) mass is 260 g/mol. The number of ether oxygens (including phenoxy) is 1. The maximum atomic E-state index is 5.64. The number of rotatable bonds is 4. The Morgan fingerprint density at radius 3 is 2.83 bits per heavy atom. The fraction of sp³-hybridized carbons (Fsp3) is 0.375. The molecule has 0 N–H and O–H groups in total. The second kappa shape index (κ2) is 5.33. The van der Waals surface area contributed by atoms with Crippen LogP contribution in [0.4, 0.5) is 0 Å². The Kier molecular flexibility index (Phi) is 3.98. The van der Waals surface area contributed by atoms with Gasteiger partial charge in [0.05, 0.1) is 5.60 Å². The van der Waals surface area contributed by atoms with Crippen molar-refractivity contribution in [3.05, 3.63) is 48.1 Å². The molecule has 2 atom stereocenters. The quantitative estimate of drug-likeness (QED) is 0.735. The molecule has 18 heavy (non-hydrogen) atoms. The minimum atomic E-state index is -0.242. The van der Waals surface area contributed by atoms with E-state index in [2.05, 4.69) is 49.9 Å². The zero-order valence-electron chi connectivity index (χ0n) is 11.3. The lowest BCUT2D eigenvalue weighted by molar-refractivity contribution is 0.0334. The minimum absolute atomic E-state index is 0.242. The Bertz CT molecular complexity index is 478. The first-order valence-electron chi connectivity index (χ1n) is 6.20. The molecule has 96 valence electrons. The highest BCUT2D eigenvalue weighted by Gasteiger charge is 2.29. The summed E-state index contributed by atoms with van der Waals surface area (Å²) in [4.78, 5) is 1.35. The van der Waals surface area contributed by atoms with Crippen LogP contribution in [0.25, 0.3) is 6.08 Å². The molecule has 2 heteroatoms. The second-order valence-electron chi connectivity index (χ2n) is 4.97. The lowest BCUT2D eigenvalue weighted by Crippen LogP contribution is -2.32. The molecule has 0 aliphatic carbocycles. The highest BCUT2D eigenvalue weighted by Crippen LogP contribution is 2.38. The van der Waals surface area contributed by atoms with E-state index in [4.69, 9.17) is 4.74 Å². The number of fused-ring (bicyclic) bond motifs is 1. The Morgan fingerprint density at radius 2 is 2.17 bits per heavy atom. The highest BCUT2D eigenvalue weighted by molar-refractivity contribution is 8.00. The van der Waals surface area contributed by atoms with Crippen LogP contribution in [-0.4, -0.2) is 18.0 Å². The Hall–Kier alpha value is -0.990. The molecule has 1 aliphatic heterocycles. The van der Waals surface area contributed by atoms with E-state index >= 15 is 0 Å². The SMILES string of the molecule is C=C(C)C(C)(CC1C=Cc2ccccc2S1)OC. The third kappa shape index (κ3) is 2.70. The van der Waals surface area contributed by atoms with Gasteiger partial charge in [-0.25, -0.2) is 0 Å². The number of thioether (sulfide) groups is 1. The van der Waals surface area contributed by atoms with Crippen molar-refractivity contribution in [2.24, 2.45) is 0 Å². The predicted molar refractivity (Wildman–Crippen MR) is 80.0 cm³/mol. The minimum Gasteiger partial charge on any atom is -0.374 e. The molecular weight excluding hydrogens is 240 g/mol. The van der Waals surface area contributed by atoms with Crippen LogP contribution in [0.1, 0.15) is 25.8 Å². The third-order valence-corrected chi connectivity index (χ3v) is 4.88. The van der Waals surface area contributed by atoms with Gasteiger partial charge in [0.25, 0.3) is 0 Å². The molecule has 0 amide bonds. The Balaban J connectivity index is 2.13. The number of hydrogen-bond acceptors (Lipinski definition) is 2. The molecule has 0 saturated carbocycles. The van der Waals surface area contributed by atoms with Crippen LogP contribution in [-0.2, 0) is 4.74 Å². The lowest BCUT2D eigenvalue weighted by Gasteiger charge is -2.32. The molecule has 0 fully saturated rings. The average Bonchev–Trinajstić information content (AvgIpc) is 2.38. The first kappa shape index (κ1) is 13.4. The van der Waals surface area contributed by atoms with Gasteiger partial charge in [0.2, 0.25) is 0 Å². The van der Waals surface area contributed by atoms with E-state index in [1.54, 1.807) is 7.11 Å². The van der Waals surface area contributed by atoms with E-state index in [1.807, 2.05) is 18.7 Å². The topological polar surface area (TPSA) is 9.23 Å². The summed E-state index contributed by atoms with van der Waals surface area (Å²) < 4.78 is 5.64. The van der Waals surface area contributed by atoms with Crippen molar-refractivity contribution >= 4 is 17.8 Å². The van der Waals surface area contributed by atoms with Crippen LogP contribution in [0.15, 0.2) is 47.4 Å². The van der Waals surface area contributed by atoms with Gasteiger partial charge < -0.3 is 4.74 Å². The van der Waals surface area contributed by atoms with Crippen LogP contribution in [0.3, 0.4) is 0 Å². The van der Waals surface area contributed by atoms with E-state index in [0.717, 1.165) is 12.0 Å². The van der Waals surface area contributed by atoms with Crippen molar-refractivity contribution in [3.63, 3.8) is 0 Å². The molecule has 0 saturated heterocycles. The molecule has 1 nitrogen and oxygen atoms in total. The van der Waals surface area contributed by atoms with Crippen molar-refractivity contribution in [1.82, 2.24) is 0 Å². The zero-order valence-corrected chi connectivity index (χ0v) is 12.1. The van der Waals surface area contributed by atoms with Crippen molar-refractivity contribution in [3.8, 4) is 0 Å². The summed E-state index contributed by atoms with van der Waals surface area (Å²) in [5.74, 6) is 0. The fourth-order valence-electron chi connectivity index (χ4n) is 2.06. The maximum absolute atomic E-state index is 5.64. The number of methoxy groups -OCH3 is 1. The molecule has 2 rings (SSSR count). The normalized spacial score (nSPS) is 21.2. The molecule has 1 aliphatic rings. The highest BCUT2D eigenvalue weighted by atomic mass is 32.2. The van der Waals surface area contributed by atoms with E-state index in [9.17, 15) is 0 Å². The van der Waals surface area contributed by atoms with E-state index in [1.165, 1.54) is 10.5 Å². The Labute approximate surface area is 114 Å². The molecule has 1 aromatic carbocycles. The van der Waals surface area contributed by atoms with Gasteiger partial charge in [-0.05, 0) is 37.5 Å². The summed E-state index contributed by atoms with van der Waals surface area (Å²) >= 11 is 1.91. The van der Waals surface area contributed by atoms with Gasteiger partial charge in [0.15, 0.2) is 0 Å². The summed E-state index contributed by atoms with van der Waals surface area (Å²) in [5, 5.41) is 0.446. The van der Waals surface area contributed by atoms with Crippen molar-refractivity contribution in [2.75, 3.05) is 7.11 Å². The van der Waals surface area contributed by atoms with E-state index in [-0.39, 0.29) is 5.60 Å². The molecular formula is C16H20OS. The standard InChI is InChI=1S/C16H20OS/c1-12(2)16(3,17-4)11-14-10-9-13-7-5-6-8-15(13)18-14/h5-10,14H,1,11H2,2-4H3. The van der Waals surface area contributed by atoms with E-state index in [0.29, 0.717) is 5.25 Å². The average molecular weight is 260 g/mol. The van der Waals surface area contributed by atoms with Crippen molar-refractivity contribution < 1.29 is 4.74 Å². The lowest BCUT2D eigenvalue weighted by atomic mass is 9.92. The molecule has 1 heterocycles. The van der Waals surface area contributed by atoms with Crippen LogP contribution in [0.2, 0.25) is 0 Å². The van der Waals surface area contributed by atoms with Crippen LogP contribution < -0.4 is 0 Å². The summed E-state index contributed by atoms with van der Waals surface area (Å²) in [6.07, 6.45) is 5.44. The number of hydrogen-bond donors (Lipinski definition) is 0. The maximum Gasteiger partial charge on any atom is 0.0868 e. The molecule has 0 aromatic heterocycles. The second-order valence-corrected chi connectivity index (χ2v) is 6.25. The molecule has 1 aromatic rings. The van der Waals surface area contributed by atoms with Gasteiger partial charge in [-0.15, -0.1) is 11.8 Å². The van der Waals surface area contributed by atoms with Crippen LogP contribution in [0, 0.1) is 0 Å². The summed E-state index contributed by atoms with van der Waals surface area (Å²) in [7, 11) is 1.76. The molecule has 0 radical (unpaired) electrons. The van der Waals surface area contributed by atoms with Crippen molar-refractivity contribution in [2.45, 2.75) is 36.0 Å². The first-order valence-corrected chi connectivity index (χ1v) is 7.08. The van der Waals surface area contributed by atoms with Gasteiger partial charge in [0.1, 0.15) is 0 Å². The molecule has 2 unspecified atom stereocenters. The van der Waals surface area contributed by atoms with Gasteiger partial charge in [0, 0.05) is 17.3 Å². The van der Waals surface area contributed by atoms with Gasteiger partial charge >= 0.3 is 0 Å². The molecule has 0 spiro atoms. The van der Waals surface area contributed by atoms with Crippen LogP contribution >= 0.6 is 11.8 Å². The fourth-order valence-corrected chi connectivity index (χ4v) is 3.38. The van der Waals surface area contributed by atoms with E-state index < -0.39 is 0 Å². The predicted octanol–water partition coefficient (Wildman–Crippen LogP) is 4.55. The van der Waals surface area contributed by atoms with Gasteiger partial charge in [-0.3, -0.25) is 0 Å². The molecule has 0 bridgehead atoms. The van der Waals surface area contributed by atoms with Crippen molar-refractivity contribution in [1.29, 1.82) is 0 Å². The van der Waals surface area contributed by atoms with Gasteiger partial charge in [-0.2, -0.15) is 0 Å². The number of benzene rings is 1. The summed E-state index contributed by atoms with van der Waals surface area (Å²) in [5.41, 5.74) is 2.15. The smallest absolute Gasteiger partial charge is 0.0868 e. The third-order valence-electron chi connectivity index (χ3n) is 3.63. The Morgan fingerprint density at radius 1 is 1.44 bits per heavy atom. The largest absolute Gasteiger partial charge is 0.374 e. The van der Waals surface area contributed by atoms with Crippen LogP contribution in [0.5, 0.6) is 0 Å². The summed E-state index contributed by atoms with van der Waals surface area (Å²) in [6.45, 7) is 8.20.